The van der Waals surface area contributed by atoms with Gasteiger partial charge in [-0.25, -0.2) is 9.78 Å². The SMILES string of the molecule is CON([O-])C1(COC(=O)c2cncn2[C@H](C)C2=CC=CCC2)CCCC1. The molecule has 2 aliphatic carbocycles. The molecule has 0 radical (unpaired) electrons. The van der Waals surface area contributed by atoms with Crippen molar-refractivity contribution in [1.29, 1.82) is 0 Å². The van der Waals surface area contributed by atoms with E-state index < -0.39 is 11.5 Å². The first kappa shape index (κ1) is 18.8. The molecule has 26 heavy (non-hydrogen) atoms. The molecule has 142 valence electrons. The van der Waals surface area contributed by atoms with Crippen LogP contribution in [0, 0.1) is 5.21 Å². The summed E-state index contributed by atoms with van der Waals surface area (Å²) in [6.45, 7) is 2.07. The zero-order valence-electron chi connectivity index (χ0n) is 15.4. The Morgan fingerprint density at radius 2 is 2.23 bits per heavy atom. The van der Waals surface area contributed by atoms with Crippen molar-refractivity contribution in [2.24, 2.45) is 0 Å². The van der Waals surface area contributed by atoms with Crippen LogP contribution in [0.2, 0.25) is 0 Å². The number of carbonyl (C=O) groups excluding carboxylic acids is 1. The molecule has 1 saturated carbocycles. The number of aromatic nitrogens is 2. The maximum absolute atomic E-state index is 12.6. The van der Waals surface area contributed by atoms with Crippen LogP contribution in [0.1, 0.15) is 62.0 Å². The minimum absolute atomic E-state index is 0.0220. The Kier molecular flexibility index (Phi) is 5.90. The van der Waals surface area contributed by atoms with Crippen molar-refractivity contribution in [2.75, 3.05) is 13.7 Å². The number of carbonyl (C=O) groups is 1. The molecule has 0 saturated heterocycles. The van der Waals surface area contributed by atoms with Gasteiger partial charge in [-0.15, -0.1) is 0 Å². The molecule has 0 amide bonds. The van der Waals surface area contributed by atoms with Gasteiger partial charge in [-0.05, 0) is 38.2 Å². The number of hydrogen-bond acceptors (Lipinski definition) is 6. The average molecular weight is 360 g/mol. The third-order valence-electron chi connectivity index (χ3n) is 5.43. The minimum Gasteiger partial charge on any atom is -0.762 e. The van der Waals surface area contributed by atoms with Gasteiger partial charge in [0, 0.05) is 0 Å². The molecule has 1 aromatic rings. The molecule has 0 aliphatic heterocycles. The summed E-state index contributed by atoms with van der Waals surface area (Å²) in [6, 6.07) is 0.0282. The highest BCUT2D eigenvalue weighted by Gasteiger charge is 2.38. The van der Waals surface area contributed by atoms with Gasteiger partial charge in [0.1, 0.15) is 12.3 Å². The van der Waals surface area contributed by atoms with Gasteiger partial charge in [-0.2, -0.15) is 0 Å². The number of ether oxygens (including phenoxy) is 1. The Bertz CT molecular complexity index is 689. The number of allylic oxidation sites excluding steroid dienone is 4. The van der Waals surface area contributed by atoms with Crippen molar-refractivity contribution in [3.63, 3.8) is 0 Å². The van der Waals surface area contributed by atoms with Crippen molar-refractivity contribution in [3.8, 4) is 0 Å². The number of rotatable bonds is 7. The minimum atomic E-state index is -0.780. The first-order chi connectivity index (χ1) is 12.6. The van der Waals surface area contributed by atoms with Gasteiger partial charge < -0.3 is 19.3 Å². The molecule has 0 spiro atoms. The van der Waals surface area contributed by atoms with Crippen LogP contribution in [0.3, 0.4) is 0 Å². The van der Waals surface area contributed by atoms with Crippen LogP contribution in [0.4, 0.5) is 0 Å². The summed E-state index contributed by atoms with van der Waals surface area (Å²) in [6.07, 6.45) is 14.6. The number of esters is 1. The second-order valence-corrected chi connectivity index (χ2v) is 7.02. The molecule has 3 rings (SSSR count). The first-order valence-electron chi connectivity index (χ1n) is 9.13. The smallest absolute Gasteiger partial charge is 0.356 e. The zero-order valence-corrected chi connectivity index (χ0v) is 15.4. The molecule has 0 unspecified atom stereocenters. The normalized spacial score (nSPS) is 20.2. The third kappa shape index (κ3) is 3.75. The molecule has 1 heterocycles. The van der Waals surface area contributed by atoms with Crippen LogP contribution in [0.25, 0.3) is 0 Å². The topological polar surface area (TPSA) is 79.7 Å². The second-order valence-electron chi connectivity index (χ2n) is 7.02. The van der Waals surface area contributed by atoms with E-state index in [0.717, 1.165) is 25.7 Å². The molecular weight excluding hydrogens is 334 g/mol. The van der Waals surface area contributed by atoms with Gasteiger partial charge in [0.15, 0.2) is 0 Å². The lowest BCUT2D eigenvalue weighted by Gasteiger charge is -2.43. The highest BCUT2D eigenvalue weighted by Crippen LogP contribution is 2.35. The number of imidazole rings is 1. The van der Waals surface area contributed by atoms with Crippen molar-refractivity contribution in [2.45, 2.75) is 57.0 Å². The average Bonchev–Trinajstić information content (AvgIpc) is 3.36. The summed E-state index contributed by atoms with van der Waals surface area (Å²) in [7, 11) is 1.35. The molecule has 1 aromatic heterocycles. The molecule has 2 aliphatic rings. The largest absolute Gasteiger partial charge is 0.762 e. The van der Waals surface area contributed by atoms with Crippen LogP contribution in [-0.4, -0.2) is 40.0 Å². The van der Waals surface area contributed by atoms with E-state index in [0.29, 0.717) is 23.8 Å². The van der Waals surface area contributed by atoms with E-state index in [-0.39, 0.29) is 12.6 Å². The highest BCUT2D eigenvalue weighted by molar-refractivity contribution is 5.87. The Morgan fingerprint density at radius 1 is 1.46 bits per heavy atom. The summed E-state index contributed by atoms with van der Waals surface area (Å²) in [5.74, 6) is -0.461. The Labute approximate surface area is 153 Å². The van der Waals surface area contributed by atoms with Crippen molar-refractivity contribution < 1.29 is 14.4 Å². The molecule has 7 heteroatoms. The fourth-order valence-electron chi connectivity index (χ4n) is 3.80. The summed E-state index contributed by atoms with van der Waals surface area (Å²) in [5.41, 5.74) is 0.866. The summed E-state index contributed by atoms with van der Waals surface area (Å²) >= 11 is 0. The summed E-state index contributed by atoms with van der Waals surface area (Å²) < 4.78 is 7.35. The Morgan fingerprint density at radius 3 is 2.88 bits per heavy atom. The van der Waals surface area contributed by atoms with Crippen LogP contribution in [0.15, 0.2) is 36.3 Å². The van der Waals surface area contributed by atoms with Gasteiger partial charge in [0.05, 0.1) is 31.2 Å². The molecule has 7 nitrogen and oxygen atoms in total. The number of nitrogens with zero attached hydrogens (tertiary/aromatic N) is 3. The highest BCUT2D eigenvalue weighted by atomic mass is 16.9. The predicted octanol–water partition coefficient (Wildman–Crippen LogP) is 3.55. The monoisotopic (exact) mass is 360 g/mol. The van der Waals surface area contributed by atoms with Crippen molar-refractivity contribution in [3.05, 3.63) is 47.2 Å². The van der Waals surface area contributed by atoms with E-state index in [4.69, 9.17) is 9.57 Å². The fraction of sp³-hybridized carbons (Fsp3) is 0.579. The van der Waals surface area contributed by atoms with Gasteiger partial charge in [-0.3, -0.25) is 5.23 Å². The number of hydrogen-bond donors (Lipinski definition) is 0. The van der Waals surface area contributed by atoms with Gasteiger partial charge in [-0.1, -0.05) is 31.1 Å². The molecular formula is C19H26N3O4-. The quantitative estimate of drug-likeness (QED) is 0.546. The maximum Gasteiger partial charge on any atom is 0.356 e. The van der Waals surface area contributed by atoms with Gasteiger partial charge in [0.2, 0.25) is 0 Å². The Hall–Kier alpha value is -1.96. The van der Waals surface area contributed by atoms with E-state index in [1.165, 1.54) is 18.9 Å². The van der Waals surface area contributed by atoms with Gasteiger partial charge in [0.25, 0.3) is 0 Å². The van der Waals surface area contributed by atoms with E-state index in [2.05, 4.69) is 17.1 Å². The predicted molar refractivity (Wildman–Crippen MR) is 97.1 cm³/mol. The summed E-state index contributed by atoms with van der Waals surface area (Å²) in [4.78, 5) is 21.6. The lowest BCUT2D eigenvalue weighted by atomic mass is 9.98. The first-order valence-corrected chi connectivity index (χ1v) is 9.13. The molecule has 0 bridgehead atoms. The van der Waals surface area contributed by atoms with Gasteiger partial charge >= 0.3 is 5.97 Å². The van der Waals surface area contributed by atoms with E-state index in [9.17, 15) is 10.0 Å². The summed E-state index contributed by atoms with van der Waals surface area (Å²) in [5, 5.41) is 12.7. The van der Waals surface area contributed by atoms with E-state index in [1.807, 2.05) is 17.6 Å². The van der Waals surface area contributed by atoms with Crippen LogP contribution in [0.5, 0.6) is 0 Å². The molecule has 1 atom stereocenters. The van der Waals surface area contributed by atoms with E-state index in [1.54, 1.807) is 6.33 Å². The standard InChI is InChI=1S/C19H26N3O4/c1-15(16-8-4-3-5-9-16)21-14-20-12-17(21)18(23)26-13-19(22(24)25-2)10-6-7-11-19/h3-4,8,12,14-15H,5-7,9-11,13H2,1-2H3/q-1/t15-/m1/s1. The van der Waals surface area contributed by atoms with Crippen molar-refractivity contribution in [1.82, 2.24) is 14.8 Å². The lowest BCUT2D eigenvalue weighted by molar-refractivity contribution is -0.175. The van der Waals surface area contributed by atoms with Crippen LogP contribution < -0.4 is 0 Å². The maximum atomic E-state index is 12.6. The van der Waals surface area contributed by atoms with Crippen molar-refractivity contribution >= 4 is 5.97 Å². The van der Waals surface area contributed by atoms with E-state index >= 15 is 0 Å². The van der Waals surface area contributed by atoms with Crippen LogP contribution >= 0.6 is 0 Å². The Balaban J connectivity index is 1.70. The van der Waals surface area contributed by atoms with Crippen LogP contribution in [-0.2, 0) is 9.57 Å². The third-order valence-corrected chi connectivity index (χ3v) is 5.43. The lowest BCUT2D eigenvalue weighted by Crippen LogP contribution is -2.47. The molecule has 1 fully saturated rings. The number of hydroxylamine groups is 2. The fourth-order valence-corrected chi connectivity index (χ4v) is 3.80. The molecule has 0 aromatic carbocycles. The molecule has 0 N–H and O–H groups in total. The zero-order chi connectivity index (χ0) is 18.6. The second kappa shape index (κ2) is 8.16.